The third-order valence-electron chi connectivity index (χ3n) is 6.13. The Kier molecular flexibility index (Phi) is 6.11. The first-order chi connectivity index (χ1) is 12.7. The van der Waals surface area contributed by atoms with E-state index in [0.29, 0.717) is 0 Å². The average molecular weight is 642 g/mol. The van der Waals surface area contributed by atoms with E-state index in [1.165, 1.54) is 58.9 Å². The molecule has 0 saturated heterocycles. The molecule has 28 heavy (non-hydrogen) atoms. The van der Waals surface area contributed by atoms with Crippen LogP contribution in [0.4, 0.5) is 0 Å². The minimum atomic E-state index is -0.450. The molecule has 1 aliphatic carbocycles. The second-order valence-electron chi connectivity index (χ2n) is 7.44. The summed E-state index contributed by atoms with van der Waals surface area (Å²) in [7, 11) is 3.97. The standard InChI is InChI=1S/C22H14S2.2CH3.Sm.Sn/c1-11-9-17-15-8-7-14-13-5-3-4-6-16(13)21-20(19(14)15)22(24-23-21)18(17)10-12(11)2;;;;/h5-6,9-10H,7-8H2,1-2H3;2*1H3;;/q-1;;-1;;. The van der Waals surface area contributed by atoms with Gasteiger partial charge in [-0.3, -0.25) is 0 Å². The van der Waals surface area contributed by atoms with Crippen LogP contribution in [0.1, 0.15) is 22.3 Å². The summed E-state index contributed by atoms with van der Waals surface area (Å²) in [5.74, 6) is 0. The number of hydrogen-bond acceptors (Lipinski definition) is 2. The van der Waals surface area contributed by atoms with Gasteiger partial charge in [-0.05, 0) is 0 Å². The van der Waals surface area contributed by atoms with Crippen molar-refractivity contribution in [3.63, 3.8) is 0 Å². The van der Waals surface area contributed by atoms with Crippen molar-refractivity contribution in [3.05, 3.63) is 60.0 Å². The van der Waals surface area contributed by atoms with Gasteiger partial charge in [-0.25, -0.2) is 0 Å². The van der Waals surface area contributed by atoms with Crippen LogP contribution in [0.15, 0.2) is 34.1 Å². The third kappa shape index (κ3) is 2.87. The van der Waals surface area contributed by atoms with Crippen LogP contribution < -0.4 is 3.58 Å². The van der Waals surface area contributed by atoms with Crippen LogP contribution in [-0.2, 0) is 12.8 Å². The van der Waals surface area contributed by atoms with Crippen LogP contribution in [0.25, 0.3) is 32.3 Å². The van der Waals surface area contributed by atoms with E-state index in [2.05, 4.69) is 49.1 Å². The maximum absolute atomic E-state index is 3.61. The number of aryl methyl sites for hydroxylation is 4. The summed E-state index contributed by atoms with van der Waals surface area (Å²) in [6.45, 7) is 4.50. The number of hydrogen-bond donors (Lipinski definition) is 0. The molecule has 0 bridgehead atoms. The van der Waals surface area contributed by atoms with E-state index in [4.69, 9.17) is 0 Å². The molecule has 4 aromatic rings. The van der Waals surface area contributed by atoms with Gasteiger partial charge in [0, 0.05) is 40.4 Å². The maximum atomic E-state index is 3.61. The normalized spacial score (nSPS) is 14.0. The predicted octanol–water partition coefficient (Wildman–Crippen LogP) is 6.60. The molecule has 0 spiro atoms. The van der Waals surface area contributed by atoms with Crippen molar-refractivity contribution >= 4 is 78.6 Å². The maximum Gasteiger partial charge on any atom is 0 e. The predicted molar refractivity (Wildman–Crippen MR) is 124 cm³/mol. The third-order valence-corrected chi connectivity index (χ3v) is 11.0. The monoisotopic (exact) mass is 644 g/mol. The summed E-state index contributed by atoms with van der Waals surface area (Å²) >= 11 is -0.450. The molecule has 0 unspecified atom stereocenters. The van der Waals surface area contributed by atoms with E-state index < -0.39 is 21.1 Å². The molecule has 2 radical (unpaired) electrons. The van der Waals surface area contributed by atoms with Gasteiger partial charge in [-0.2, -0.15) is 0 Å². The van der Waals surface area contributed by atoms with E-state index in [1.807, 2.05) is 21.6 Å². The van der Waals surface area contributed by atoms with Gasteiger partial charge in [0.1, 0.15) is 0 Å². The molecule has 1 aliphatic heterocycles. The molecule has 140 valence electrons. The molecule has 0 saturated carbocycles. The Labute approximate surface area is 217 Å². The zero-order valence-electron chi connectivity index (χ0n) is 16.4. The van der Waals surface area contributed by atoms with Gasteiger partial charge in [0.2, 0.25) is 0 Å². The topological polar surface area (TPSA) is 0 Å². The molecule has 0 atom stereocenters. The van der Waals surface area contributed by atoms with Crippen molar-refractivity contribution in [1.82, 2.24) is 0 Å². The first-order valence-electron chi connectivity index (χ1n) is 9.09. The van der Waals surface area contributed by atoms with Gasteiger partial charge in [0.05, 0.1) is 0 Å². The van der Waals surface area contributed by atoms with Crippen molar-refractivity contribution in [2.75, 3.05) is 0 Å². The summed E-state index contributed by atoms with van der Waals surface area (Å²) in [6.07, 6.45) is 2.37. The first-order valence-corrected chi connectivity index (χ1v) is 15.5. The van der Waals surface area contributed by atoms with Crippen LogP contribution >= 0.6 is 21.6 Å². The minimum absolute atomic E-state index is 0. The largest absolute Gasteiger partial charge is 0 e. The molecule has 4 heteroatoms. The van der Waals surface area contributed by atoms with Crippen LogP contribution in [0.5, 0.6) is 0 Å². The van der Waals surface area contributed by atoms with Gasteiger partial charge in [0.15, 0.2) is 0 Å². The molecule has 0 fully saturated rings. The van der Waals surface area contributed by atoms with Crippen LogP contribution in [-0.4, -0.2) is 21.1 Å². The van der Waals surface area contributed by atoms with Crippen molar-refractivity contribution in [3.8, 4) is 0 Å². The van der Waals surface area contributed by atoms with E-state index in [9.17, 15) is 0 Å². The first kappa shape index (κ1) is 21.7. The van der Waals surface area contributed by atoms with Crippen molar-refractivity contribution < 1.29 is 40.4 Å². The van der Waals surface area contributed by atoms with Crippen LogP contribution in [0.2, 0.25) is 4.94 Å². The Morgan fingerprint density at radius 3 is 2.04 bits per heavy atom. The fourth-order valence-corrected chi connectivity index (χ4v) is 9.01. The molecule has 6 rings (SSSR count). The van der Waals surface area contributed by atoms with E-state index in [0.717, 1.165) is 0 Å². The van der Waals surface area contributed by atoms with Gasteiger partial charge < -0.3 is 7.43 Å². The second kappa shape index (κ2) is 7.88. The zero-order chi connectivity index (χ0) is 17.6. The SMILES string of the molecule is [CH3-].[CH3][Sn][c]1[c-]cc2c3c4c(c5cc(C)c(C)cc5c5c4c(c2c1)SS5)CC3.[Sm]. The number of fused-ring (bicyclic) bond motifs is 6. The molecule has 4 aromatic carbocycles. The molecular weight excluding hydrogens is 621 g/mol. The Hall–Kier alpha value is 0.496. The van der Waals surface area contributed by atoms with Gasteiger partial charge in [-0.1, -0.05) is 0 Å². The quantitative estimate of drug-likeness (QED) is 0.0995. The summed E-state index contributed by atoms with van der Waals surface area (Å²) in [4.78, 5) is 5.42. The van der Waals surface area contributed by atoms with Crippen molar-refractivity contribution in [2.45, 2.75) is 41.4 Å². The van der Waals surface area contributed by atoms with Gasteiger partial charge in [0.25, 0.3) is 0 Å². The number of rotatable bonds is 1. The van der Waals surface area contributed by atoms with E-state index in [-0.39, 0.29) is 47.8 Å². The Morgan fingerprint density at radius 2 is 1.39 bits per heavy atom. The molecule has 0 amide bonds. The summed E-state index contributed by atoms with van der Waals surface area (Å²) in [5, 5.41) is 9.08. The molecule has 1 heterocycles. The van der Waals surface area contributed by atoms with Crippen LogP contribution in [0.3, 0.4) is 0 Å². The minimum Gasteiger partial charge on any atom is 0 e. The molecule has 0 nitrogen and oxygen atoms in total. The number of benzene rings is 4. The molecular formula is C24H20S2SmSn-2. The Morgan fingerprint density at radius 1 is 0.821 bits per heavy atom. The van der Waals surface area contributed by atoms with Crippen molar-refractivity contribution in [1.29, 1.82) is 0 Å². The summed E-state index contributed by atoms with van der Waals surface area (Å²) in [5.41, 5.74) is 6.01. The fourth-order valence-electron chi connectivity index (χ4n) is 4.71. The van der Waals surface area contributed by atoms with Gasteiger partial charge >= 0.3 is 173 Å². The molecule has 0 aromatic heterocycles. The van der Waals surface area contributed by atoms with Crippen LogP contribution in [0, 0.1) is 67.7 Å². The molecule has 2 aliphatic rings. The summed E-state index contributed by atoms with van der Waals surface area (Å²) < 4.78 is 1.49. The zero-order valence-corrected chi connectivity index (χ0v) is 23.6. The smallest absolute Gasteiger partial charge is 0 e. The van der Waals surface area contributed by atoms with Crippen molar-refractivity contribution in [2.24, 2.45) is 0 Å². The average Bonchev–Trinajstić information content (AvgIpc) is 3.27. The summed E-state index contributed by atoms with van der Waals surface area (Å²) in [6, 6.07) is 13.3. The van der Waals surface area contributed by atoms with Gasteiger partial charge in [-0.15, -0.1) is 0 Å². The second-order valence-corrected chi connectivity index (χ2v) is 12.6. The van der Waals surface area contributed by atoms with E-state index >= 15 is 0 Å². The Balaban J connectivity index is 0.000000961. The fraction of sp³-hybridized carbons (Fsp3) is 0.208. The van der Waals surface area contributed by atoms with E-state index in [1.54, 1.807) is 21.9 Å². The Bertz CT molecular complexity index is 1290. The molecule has 0 N–H and O–H groups in total.